The van der Waals surface area contributed by atoms with Crippen LogP contribution in [0.4, 0.5) is 4.79 Å². The average molecular weight is 204 g/mol. The van der Waals surface area contributed by atoms with Gasteiger partial charge in [-0.3, -0.25) is 4.79 Å². The maximum atomic E-state index is 11.0. The third-order valence-electron chi connectivity index (χ3n) is 0.984. The van der Waals surface area contributed by atoms with Gasteiger partial charge in [0.05, 0.1) is 0 Å². The lowest BCUT2D eigenvalue weighted by atomic mass is 10.2. The maximum Gasteiger partial charge on any atom is 0.511 e. The third kappa shape index (κ3) is 7.39. The first-order valence-corrected chi connectivity index (χ1v) is 4.27. The van der Waals surface area contributed by atoms with E-state index in [1.807, 2.05) is 0 Å². The Hall–Kier alpha value is -1.26. The molecule has 0 spiro atoms. The van der Waals surface area contributed by atoms with Gasteiger partial charge >= 0.3 is 12.1 Å². The molecule has 0 aliphatic carbocycles. The quantitative estimate of drug-likeness (QED) is 0.507. The smallest absolute Gasteiger partial charge is 0.428 e. The van der Waals surface area contributed by atoms with Crippen molar-refractivity contribution < 1.29 is 23.8 Å². The summed E-state index contributed by atoms with van der Waals surface area (Å²) in [6, 6.07) is 0. The molecule has 82 valence electrons. The predicted octanol–water partition coefficient (Wildman–Crippen LogP) is 1.85. The van der Waals surface area contributed by atoms with Crippen molar-refractivity contribution in [1.29, 1.82) is 0 Å². The van der Waals surface area contributed by atoms with Gasteiger partial charge in [-0.2, -0.15) is 0 Å². The molecular weight excluding hydrogens is 188 g/mol. The molecule has 0 N–H and O–H groups in total. The zero-order valence-electron chi connectivity index (χ0n) is 9.12. The topological polar surface area (TPSA) is 61.8 Å². The molecule has 0 saturated heterocycles. The second-order valence-corrected chi connectivity index (χ2v) is 3.76. The van der Waals surface area contributed by atoms with Crippen LogP contribution >= 0.6 is 0 Å². The van der Waals surface area contributed by atoms with E-state index in [2.05, 4.69) is 9.47 Å². The number of carbonyl (C=O) groups is 2. The van der Waals surface area contributed by atoms with Crippen LogP contribution in [0.15, 0.2) is 0 Å². The average Bonchev–Trinajstić information content (AvgIpc) is 1.77. The van der Waals surface area contributed by atoms with Gasteiger partial charge in [0.15, 0.2) is 0 Å². The van der Waals surface area contributed by atoms with E-state index in [1.54, 1.807) is 20.8 Å². The Bertz CT molecular complexity index is 216. The van der Waals surface area contributed by atoms with Gasteiger partial charge in [0.1, 0.15) is 5.60 Å². The summed E-state index contributed by atoms with van der Waals surface area (Å²) >= 11 is 0. The Morgan fingerprint density at radius 2 is 1.64 bits per heavy atom. The van der Waals surface area contributed by atoms with Gasteiger partial charge in [0.25, 0.3) is 0 Å². The first-order chi connectivity index (χ1) is 6.20. The molecule has 5 nitrogen and oxygen atoms in total. The number of hydrogen-bond donors (Lipinski definition) is 0. The van der Waals surface area contributed by atoms with Crippen LogP contribution in [0.2, 0.25) is 0 Å². The summed E-state index contributed by atoms with van der Waals surface area (Å²) in [4.78, 5) is 21.5. The molecule has 1 atom stereocenters. The molecule has 0 aromatic carbocycles. The molecule has 0 saturated carbocycles. The summed E-state index contributed by atoms with van der Waals surface area (Å²) in [5.74, 6) is -0.513. The van der Waals surface area contributed by atoms with Gasteiger partial charge in [0.2, 0.25) is 6.29 Å². The van der Waals surface area contributed by atoms with E-state index in [0.29, 0.717) is 0 Å². The van der Waals surface area contributed by atoms with Crippen molar-refractivity contribution in [2.75, 3.05) is 0 Å². The molecule has 0 fully saturated rings. The Kier molecular flexibility index (Phi) is 4.40. The fourth-order valence-corrected chi connectivity index (χ4v) is 0.667. The van der Waals surface area contributed by atoms with Gasteiger partial charge in [-0.05, 0) is 20.8 Å². The molecule has 14 heavy (non-hydrogen) atoms. The molecular formula is C9H16O5. The maximum absolute atomic E-state index is 11.0. The fourth-order valence-electron chi connectivity index (χ4n) is 0.667. The molecule has 0 aromatic heterocycles. The Morgan fingerprint density at radius 1 is 1.14 bits per heavy atom. The molecule has 0 amide bonds. The largest absolute Gasteiger partial charge is 0.511 e. The van der Waals surface area contributed by atoms with E-state index in [9.17, 15) is 9.59 Å². The minimum atomic E-state index is -0.928. The van der Waals surface area contributed by atoms with E-state index < -0.39 is 24.0 Å². The van der Waals surface area contributed by atoms with E-state index in [4.69, 9.17) is 4.74 Å². The van der Waals surface area contributed by atoms with Crippen LogP contribution in [-0.2, 0) is 19.0 Å². The Balaban J connectivity index is 3.89. The highest BCUT2D eigenvalue weighted by Gasteiger charge is 2.20. The number of rotatable bonds is 2. The summed E-state index contributed by atoms with van der Waals surface area (Å²) in [5, 5.41) is 0. The van der Waals surface area contributed by atoms with E-state index in [1.165, 1.54) is 13.8 Å². The van der Waals surface area contributed by atoms with E-state index >= 15 is 0 Å². The Morgan fingerprint density at radius 3 is 2.00 bits per heavy atom. The van der Waals surface area contributed by atoms with E-state index in [-0.39, 0.29) is 0 Å². The van der Waals surface area contributed by atoms with Crippen molar-refractivity contribution in [1.82, 2.24) is 0 Å². The SMILES string of the molecule is CC(=O)O[C@H](C)OC(=O)OC(C)(C)C. The zero-order chi connectivity index (χ0) is 11.4. The summed E-state index contributed by atoms with van der Waals surface area (Å²) in [6.45, 7) is 7.81. The number of hydrogen-bond acceptors (Lipinski definition) is 5. The lowest BCUT2D eigenvalue weighted by molar-refractivity contribution is -0.167. The first-order valence-electron chi connectivity index (χ1n) is 4.27. The highest BCUT2D eigenvalue weighted by Crippen LogP contribution is 2.09. The van der Waals surface area contributed by atoms with Gasteiger partial charge in [-0.25, -0.2) is 4.79 Å². The van der Waals surface area contributed by atoms with Crippen LogP contribution in [0.5, 0.6) is 0 Å². The summed E-state index contributed by atoms with van der Waals surface area (Å²) in [6.07, 6.45) is -1.78. The van der Waals surface area contributed by atoms with Crippen molar-refractivity contribution >= 4 is 12.1 Å². The fraction of sp³-hybridized carbons (Fsp3) is 0.778. The van der Waals surface area contributed by atoms with Crippen LogP contribution in [0, 0.1) is 0 Å². The number of carbonyl (C=O) groups excluding carboxylic acids is 2. The van der Waals surface area contributed by atoms with Crippen LogP contribution in [0.3, 0.4) is 0 Å². The van der Waals surface area contributed by atoms with Crippen LogP contribution in [0.1, 0.15) is 34.6 Å². The predicted molar refractivity (Wildman–Crippen MR) is 48.5 cm³/mol. The number of esters is 1. The van der Waals surface area contributed by atoms with Gasteiger partial charge in [-0.1, -0.05) is 0 Å². The summed E-state index contributed by atoms with van der Waals surface area (Å²) in [7, 11) is 0. The molecule has 0 aliphatic rings. The zero-order valence-corrected chi connectivity index (χ0v) is 9.12. The standard InChI is InChI=1S/C9H16O5/c1-6(10)12-7(2)13-8(11)14-9(3,4)5/h7H,1-5H3/t7-/m0/s1. The minimum absolute atomic E-state index is 0.513. The molecule has 0 aromatic rings. The highest BCUT2D eigenvalue weighted by atomic mass is 16.8. The van der Waals surface area contributed by atoms with Crippen molar-refractivity contribution in [2.24, 2.45) is 0 Å². The second kappa shape index (κ2) is 4.83. The number of ether oxygens (including phenoxy) is 3. The van der Waals surface area contributed by atoms with Crippen LogP contribution in [-0.4, -0.2) is 24.0 Å². The van der Waals surface area contributed by atoms with Crippen molar-refractivity contribution in [3.8, 4) is 0 Å². The third-order valence-corrected chi connectivity index (χ3v) is 0.984. The van der Waals surface area contributed by atoms with Crippen molar-refractivity contribution in [2.45, 2.75) is 46.5 Å². The van der Waals surface area contributed by atoms with Crippen molar-refractivity contribution in [3.63, 3.8) is 0 Å². The molecule has 5 heteroatoms. The molecule has 0 bridgehead atoms. The molecule has 0 radical (unpaired) electrons. The first kappa shape index (κ1) is 12.7. The van der Waals surface area contributed by atoms with Crippen LogP contribution in [0.25, 0.3) is 0 Å². The van der Waals surface area contributed by atoms with Gasteiger partial charge in [0, 0.05) is 13.8 Å². The Labute approximate surface area is 83.3 Å². The summed E-state index contributed by atoms with van der Waals surface area (Å²) in [5.41, 5.74) is -0.618. The highest BCUT2D eigenvalue weighted by molar-refractivity contribution is 5.66. The van der Waals surface area contributed by atoms with Crippen molar-refractivity contribution in [3.05, 3.63) is 0 Å². The second-order valence-electron chi connectivity index (χ2n) is 3.76. The molecule has 0 heterocycles. The van der Waals surface area contributed by atoms with E-state index in [0.717, 1.165) is 0 Å². The molecule has 0 unspecified atom stereocenters. The van der Waals surface area contributed by atoms with Crippen LogP contribution < -0.4 is 0 Å². The summed E-state index contributed by atoms with van der Waals surface area (Å²) < 4.78 is 14.0. The normalized spacial score (nSPS) is 12.9. The minimum Gasteiger partial charge on any atom is -0.428 e. The lowest BCUT2D eigenvalue weighted by Crippen LogP contribution is -2.28. The molecule has 0 rings (SSSR count). The van der Waals surface area contributed by atoms with Gasteiger partial charge in [-0.15, -0.1) is 0 Å². The lowest BCUT2D eigenvalue weighted by Gasteiger charge is -2.20. The monoisotopic (exact) mass is 204 g/mol. The van der Waals surface area contributed by atoms with Gasteiger partial charge < -0.3 is 14.2 Å². The molecule has 0 aliphatic heterocycles.